The SMILES string of the molecule is CC(=O)C=C(O)C(=O)O.[Ir].c1ccc(-c2ccccn2)cc1.c1ccc(-c2ccccn2)cc1. The summed E-state index contributed by atoms with van der Waals surface area (Å²) in [7, 11) is 0. The third-order valence-corrected chi connectivity index (χ3v) is 4.03. The summed E-state index contributed by atoms with van der Waals surface area (Å²) in [6, 6.07) is 32.2. The minimum Gasteiger partial charge on any atom is -0.502 e. The van der Waals surface area contributed by atoms with Crippen molar-refractivity contribution in [1.29, 1.82) is 0 Å². The first-order valence-corrected chi connectivity index (χ1v) is 10.0. The van der Waals surface area contributed by atoms with Crippen LogP contribution in [-0.2, 0) is 29.7 Å². The Bertz CT molecular complexity index is 1000. The van der Waals surface area contributed by atoms with Crippen LogP contribution in [0.3, 0.4) is 0 Å². The summed E-state index contributed by atoms with van der Waals surface area (Å²) in [5.41, 5.74) is 4.38. The maximum absolute atomic E-state index is 10.1. The fourth-order valence-corrected chi connectivity index (χ4v) is 2.54. The van der Waals surface area contributed by atoms with Crippen LogP contribution in [0.5, 0.6) is 0 Å². The van der Waals surface area contributed by atoms with Crippen LogP contribution in [0.1, 0.15) is 6.92 Å². The van der Waals surface area contributed by atoms with E-state index < -0.39 is 17.5 Å². The summed E-state index contributed by atoms with van der Waals surface area (Å²) in [5, 5.41) is 16.3. The Labute approximate surface area is 212 Å². The van der Waals surface area contributed by atoms with Crippen molar-refractivity contribution in [3.05, 3.63) is 121 Å². The van der Waals surface area contributed by atoms with Crippen LogP contribution in [0, 0.1) is 0 Å². The second-order valence-electron chi connectivity index (χ2n) is 6.61. The Kier molecular flexibility index (Phi) is 13.1. The first-order valence-electron chi connectivity index (χ1n) is 10.0. The number of rotatable bonds is 4. The van der Waals surface area contributed by atoms with Crippen LogP contribution in [0.2, 0.25) is 0 Å². The summed E-state index contributed by atoms with van der Waals surface area (Å²) in [6.45, 7) is 1.15. The van der Waals surface area contributed by atoms with Crippen molar-refractivity contribution in [3.8, 4) is 22.5 Å². The Morgan fingerprint density at radius 1 is 0.647 bits per heavy atom. The third-order valence-electron chi connectivity index (χ3n) is 4.03. The quantitative estimate of drug-likeness (QED) is 0.225. The summed E-state index contributed by atoms with van der Waals surface area (Å²) in [6.07, 6.45) is 4.26. The molecule has 7 heteroatoms. The van der Waals surface area contributed by atoms with Gasteiger partial charge < -0.3 is 10.2 Å². The number of aromatic nitrogens is 2. The van der Waals surface area contributed by atoms with Gasteiger partial charge in [0.25, 0.3) is 0 Å². The topological polar surface area (TPSA) is 100 Å². The van der Waals surface area contributed by atoms with Crippen LogP contribution in [-0.4, -0.2) is 31.9 Å². The first-order chi connectivity index (χ1) is 16.0. The smallest absolute Gasteiger partial charge is 0.371 e. The standard InChI is InChI=1S/2C11H9N.C5H6O4.Ir/c2*1-2-6-10(7-3-1)11-8-4-5-9-12-11;1-3(6)2-4(7)5(8)9;/h2*1-9H;2,7H,1H3,(H,8,9);. The van der Waals surface area contributed by atoms with Crippen LogP contribution in [0.25, 0.3) is 22.5 Å². The molecule has 0 saturated carbocycles. The van der Waals surface area contributed by atoms with E-state index in [-0.39, 0.29) is 20.1 Å². The average Bonchev–Trinajstić information content (AvgIpc) is 2.86. The van der Waals surface area contributed by atoms with Gasteiger partial charge in [-0.2, -0.15) is 0 Å². The van der Waals surface area contributed by atoms with E-state index >= 15 is 0 Å². The molecule has 2 aromatic carbocycles. The minimum absolute atomic E-state index is 0. The van der Waals surface area contributed by atoms with E-state index in [0.717, 1.165) is 29.4 Å². The van der Waals surface area contributed by atoms with Gasteiger partial charge in [-0.3, -0.25) is 14.8 Å². The zero-order chi connectivity index (χ0) is 23.9. The van der Waals surface area contributed by atoms with Gasteiger partial charge in [0.1, 0.15) is 0 Å². The number of aliphatic hydroxyl groups excluding tert-OH is 1. The number of aliphatic carboxylic acids is 1. The number of carbonyl (C=O) groups is 2. The number of nitrogens with zero attached hydrogens (tertiary/aromatic N) is 2. The molecule has 0 aliphatic carbocycles. The number of hydrogen-bond acceptors (Lipinski definition) is 5. The molecule has 34 heavy (non-hydrogen) atoms. The molecule has 0 fully saturated rings. The number of carboxylic acids is 1. The number of pyridine rings is 2. The molecule has 0 unspecified atom stereocenters. The maximum atomic E-state index is 10.1. The molecule has 0 bridgehead atoms. The van der Waals surface area contributed by atoms with Crippen molar-refractivity contribution in [1.82, 2.24) is 9.97 Å². The van der Waals surface area contributed by atoms with Gasteiger partial charge in [-0.25, -0.2) is 4.79 Å². The van der Waals surface area contributed by atoms with Gasteiger partial charge in [-0.15, -0.1) is 0 Å². The van der Waals surface area contributed by atoms with Gasteiger partial charge >= 0.3 is 5.97 Å². The molecule has 4 rings (SSSR count). The second-order valence-corrected chi connectivity index (χ2v) is 6.61. The molecule has 2 aromatic heterocycles. The molecule has 0 aliphatic heterocycles. The van der Waals surface area contributed by atoms with Crippen molar-refractivity contribution < 1.29 is 39.9 Å². The van der Waals surface area contributed by atoms with Crippen molar-refractivity contribution in [2.75, 3.05) is 0 Å². The molecule has 0 atom stereocenters. The molecular formula is C27H24IrN2O4. The van der Waals surface area contributed by atoms with E-state index in [4.69, 9.17) is 10.2 Å². The molecule has 2 N–H and O–H groups in total. The number of allylic oxidation sites excluding steroid dienone is 1. The molecule has 175 valence electrons. The van der Waals surface area contributed by atoms with Crippen molar-refractivity contribution in [2.45, 2.75) is 6.92 Å². The Hall–Kier alpha value is -3.93. The van der Waals surface area contributed by atoms with Crippen molar-refractivity contribution >= 4 is 11.8 Å². The number of benzene rings is 2. The molecule has 0 aliphatic rings. The van der Waals surface area contributed by atoms with Crippen LogP contribution >= 0.6 is 0 Å². The van der Waals surface area contributed by atoms with E-state index in [0.29, 0.717) is 6.08 Å². The molecule has 1 radical (unpaired) electrons. The van der Waals surface area contributed by atoms with Gasteiger partial charge in [-0.1, -0.05) is 72.8 Å². The largest absolute Gasteiger partial charge is 0.502 e. The monoisotopic (exact) mass is 633 g/mol. The van der Waals surface area contributed by atoms with Gasteiger partial charge in [0.2, 0.25) is 5.76 Å². The number of aliphatic hydroxyl groups is 1. The van der Waals surface area contributed by atoms with Crippen LogP contribution in [0.15, 0.2) is 121 Å². The summed E-state index contributed by atoms with van der Waals surface area (Å²) >= 11 is 0. The van der Waals surface area contributed by atoms with E-state index in [1.54, 1.807) is 0 Å². The summed E-state index contributed by atoms with van der Waals surface area (Å²) in [5.74, 6) is -2.91. The molecule has 0 amide bonds. The summed E-state index contributed by atoms with van der Waals surface area (Å²) in [4.78, 5) is 28.3. The van der Waals surface area contributed by atoms with Crippen molar-refractivity contribution in [3.63, 3.8) is 0 Å². The number of hydrogen-bond donors (Lipinski definition) is 2. The number of carboxylic acid groups (broad SMARTS) is 1. The Balaban J connectivity index is 0.000000255. The predicted octanol–water partition coefficient (Wildman–Crippen LogP) is 5.60. The first kappa shape index (κ1) is 28.1. The van der Waals surface area contributed by atoms with Crippen LogP contribution in [0.4, 0.5) is 0 Å². The number of ketones is 1. The summed E-state index contributed by atoms with van der Waals surface area (Å²) < 4.78 is 0. The average molecular weight is 633 g/mol. The molecule has 0 saturated heterocycles. The van der Waals surface area contributed by atoms with E-state index in [2.05, 4.69) is 34.2 Å². The zero-order valence-corrected chi connectivity index (χ0v) is 20.8. The van der Waals surface area contributed by atoms with E-state index in [9.17, 15) is 9.59 Å². The maximum Gasteiger partial charge on any atom is 0.371 e. The Morgan fingerprint density at radius 3 is 1.29 bits per heavy atom. The predicted molar refractivity (Wildman–Crippen MR) is 128 cm³/mol. The molecule has 0 spiro atoms. The van der Waals surface area contributed by atoms with Crippen LogP contribution < -0.4 is 0 Å². The fourth-order valence-electron chi connectivity index (χ4n) is 2.54. The minimum atomic E-state index is -1.50. The molecule has 4 aromatic rings. The van der Waals surface area contributed by atoms with Crippen molar-refractivity contribution in [2.24, 2.45) is 0 Å². The van der Waals surface area contributed by atoms with Gasteiger partial charge in [-0.05, 0) is 31.2 Å². The molecular weight excluding hydrogens is 609 g/mol. The normalized spacial score (nSPS) is 9.74. The van der Waals surface area contributed by atoms with Gasteiger partial charge in [0, 0.05) is 49.7 Å². The fraction of sp³-hybridized carbons (Fsp3) is 0.0370. The zero-order valence-electron chi connectivity index (χ0n) is 18.4. The van der Waals surface area contributed by atoms with Gasteiger partial charge in [0.05, 0.1) is 11.4 Å². The second kappa shape index (κ2) is 15.8. The van der Waals surface area contributed by atoms with E-state index in [1.807, 2.05) is 85.2 Å². The third kappa shape index (κ3) is 10.6. The molecule has 6 nitrogen and oxygen atoms in total. The number of carbonyl (C=O) groups excluding carboxylic acids is 1. The van der Waals surface area contributed by atoms with Gasteiger partial charge in [0.15, 0.2) is 5.78 Å². The van der Waals surface area contributed by atoms with E-state index in [1.165, 1.54) is 0 Å². The molecule has 2 heterocycles. The Morgan fingerprint density at radius 2 is 1.03 bits per heavy atom.